The summed E-state index contributed by atoms with van der Waals surface area (Å²) < 4.78 is 40.5. The molecule has 5 aromatic rings. The topological polar surface area (TPSA) is 192 Å². The SMILES string of the molecule is Cc1cn(CCC(COCCO[C@@H](CCn2cc(C)c(=O)n(COCc3ccccc3)c2=O)CN=[N+]=[N-])OCCOCc2ccccc2)c(=O)n(COCc2ccccc2)c1=O. The molecule has 0 aliphatic carbocycles. The summed E-state index contributed by atoms with van der Waals surface area (Å²) in [6.07, 6.45) is 2.74. The highest BCUT2D eigenvalue weighted by atomic mass is 16.6. The zero-order valence-electron chi connectivity index (χ0n) is 35.3. The summed E-state index contributed by atoms with van der Waals surface area (Å²) in [7, 11) is 0. The first-order valence-corrected chi connectivity index (χ1v) is 20.5. The minimum Gasteiger partial charge on any atom is -0.376 e. The number of benzene rings is 3. The Balaban J connectivity index is 1.15. The van der Waals surface area contributed by atoms with E-state index in [1.807, 2.05) is 91.0 Å². The van der Waals surface area contributed by atoms with Gasteiger partial charge in [0, 0.05) is 41.5 Å². The Hall–Kier alpha value is -5.91. The number of hydrogen-bond acceptors (Lipinski definition) is 11. The molecule has 17 nitrogen and oxygen atoms in total. The van der Waals surface area contributed by atoms with Crippen molar-refractivity contribution in [1.29, 1.82) is 0 Å². The fourth-order valence-electron chi connectivity index (χ4n) is 6.47. The summed E-state index contributed by atoms with van der Waals surface area (Å²) in [6, 6.07) is 28.7. The number of hydrogen-bond donors (Lipinski definition) is 0. The summed E-state index contributed by atoms with van der Waals surface area (Å²) in [4.78, 5) is 55.4. The molecular weight excluding hydrogens is 799 g/mol. The second kappa shape index (κ2) is 25.8. The highest BCUT2D eigenvalue weighted by Gasteiger charge is 2.16. The number of rotatable bonds is 28. The molecule has 0 saturated carbocycles. The van der Waals surface area contributed by atoms with Crippen molar-refractivity contribution in [2.24, 2.45) is 5.11 Å². The minimum absolute atomic E-state index is 0.0202. The lowest BCUT2D eigenvalue weighted by Crippen LogP contribution is -2.41. The zero-order chi connectivity index (χ0) is 43.9. The summed E-state index contributed by atoms with van der Waals surface area (Å²) in [5.41, 5.74) is 10.8. The van der Waals surface area contributed by atoms with Crippen molar-refractivity contribution in [3.8, 4) is 0 Å². The van der Waals surface area contributed by atoms with E-state index in [1.54, 1.807) is 20.0 Å². The highest BCUT2D eigenvalue weighted by molar-refractivity contribution is 5.15. The Morgan fingerprint density at radius 1 is 0.565 bits per heavy atom. The van der Waals surface area contributed by atoms with Crippen LogP contribution in [0.15, 0.2) is 128 Å². The van der Waals surface area contributed by atoms with Crippen LogP contribution in [0, 0.1) is 13.8 Å². The molecule has 3 aromatic carbocycles. The third-order valence-electron chi connectivity index (χ3n) is 9.79. The molecule has 0 fully saturated rings. The molecule has 2 atom stereocenters. The van der Waals surface area contributed by atoms with Gasteiger partial charge in [0.05, 0.1) is 71.6 Å². The number of ether oxygens (including phenoxy) is 6. The number of nitrogens with zero attached hydrogens (tertiary/aromatic N) is 7. The molecule has 0 amide bonds. The summed E-state index contributed by atoms with van der Waals surface area (Å²) in [5.74, 6) is 0. The van der Waals surface area contributed by atoms with Gasteiger partial charge in [-0.1, -0.05) is 96.1 Å². The fourth-order valence-corrected chi connectivity index (χ4v) is 6.47. The van der Waals surface area contributed by atoms with E-state index in [9.17, 15) is 19.2 Å². The predicted molar refractivity (Wildman–Crippen MR) is 232 cm³/mol. The fraction of sp³-hybridized carbons (Fsp3) is 0.422. The van der Waals surface area contributed by atoms with Gasteiger partial charge >= 0.3 is 11.4 Å². The van der Waals surface area contributed by atoms with Gasteiger partial charge in [-0.3, -0.25) is 18.7 Å². The van der Waals surface area contributed by atoms with Gasteiger partial charge in [-0.15, -0.1) is 0 Å². The van der Waals surface area contributed by atoms with Gasteiger partial charge in [0.25, 0.3) is 11.1 Å². The average Bonchev–Trinajstić information content (AvgIpc) is 3.29. The molecule has 62 heavy (non-hydrogen) atoms. The van der Waals surface area contributed by atoms with Gasteiger partial charge in [-0.2, -0.15) is 0 Å². The van der Waals surface area contributed by atoms with E-state index in [-0.39, 0.29) is 72.7 Å². The molecule has 0 N–H and O–H groups in total. The van der Waals surface area contributed by atoms with Crippen LogP contribution in [0.3, 0.4) is 0 Å². The molecule has 5 rings (SSSR count). The summed E-state index contributed by atoms with van der Waals surface area (Å²) in [5, 5.41) is 3.69. The highest BCUT2D eigenvalue weighted by Crippen LogP contribution is 2.08. The molecule has 0 saturated heterocycles. The molecule has 0 bridgehead atoms. The molecule has 0 spiro atoms. The second-order valence-electron chi connectivity index (χ2n) is 14.6. The van der Waals surface area contributed by atoms with Crippen LogP contribution in [-0.4, -0.2) is 70.1 Å². The average molecular weight is 854 g/mol. The van der Waals surface area contributed by atoms with Gasteiger partial charge in [-0.25, -0.2) is 18.7 Å². The van der Waals surface area contributed by atoms with Crippen LogP contribution in [0.25, 0.3) is 10.4 Å². The van der Waals surface area contributed by atoms with Crippen molar-refractivity contribution >= 4 is 0 Å². The maximum Gasteiger partial charge on any atom is 0.332 e. The lowest BCUT2D eigenvalue weighted by Gasteiger charge is -2.20. The zero-order valence-corrected chi connectivity index (χ0v) is 35.3. The molecule has 2 aromatic heterocycles. The van der Waals surface area contributed by atoms with Crippen molar-refractivity contribution < 1.29 is 28.4 Å². The van der Waals surface area contributed by atoms with Crippen LogP contribution in [0.2, 0.25) is 0 Å². The standard InChI is InChI=1S/C45H55N7O10/c1-35-27-49(44(55)51(42(35)53)33-59-30-38-14-8-4-9-15-38)20-18-40(26-47-48-46)61-24-23-58-32-41(62-25-22-57-29-37-12-6-3-7-13-37)19-21-50-28-36(2)43(54)52(45(50)56)34-60-31-39-16-10-5-11-17-39/h3-17,27-28,40-41H,18-26,29-34H2,1-2H3/t40-,41?/m0/s1. The van der Waals surface area contributed by atoms with Crippen molar-refractivity contribution in [1.82, 2.24) is 18.3 Å². The van der Waals surface area contributed by atoms with Crippen LogP contribution in [0.4, 0.5) is 0 Å². The molecule has 0 aliphatic heterocycles. The summed E-state index contributed by atoms with van der Waals surface area (Å²) >= 11 is 0. The lowest BCUT2D eigenvalue weighted by atomic mass is 10.2. The van der Waals surface area contributed by atoms with E-state index < -0.39 is 34.7 Å². The van der Waals surface area contributed by atoms with E-state index in [2.05, 4.69) is 10.0 Å². The molecule has 0 aliphatic rings. The van der Waals surface area contributed by atoms with Crippen molar-refractivity contribution in [3.63, 3.8) is 0 Å². The quantitative estimate of drug-likeness (QED) is 0.0283. The Labute approximate surface area is 359 Å². The Morgan fingerprint density at radius 3 is 1.45 bits per heavy atom. The molecule has 17 heteroatoms. The molecule has 330 valence electrons. The lowest BCUT2D eigenvalue weighted by molar-refractivity contribution is -0.0592. The van der Waals surface area contributed by atoms with Gasteiger partial charge < -0.3 is 28.4 Å². The smallest absolute Gasteiger partial charge is 0.332 e. The normalized spacial score (nSPS) is 12.2. The predicted octanol–water partition coefficient (Wildman–Crippen LogP) is 5.09. The Kier molecular flexibility index (Phi) is 19.6. The second-order valence-corrected chi connectivity index (χ2v) is 14.6. The Bertz CT molecular complexity index is 2400. The van der Waals surface area contributed by atoms with Crippen LogP contribution in [-0.2, 0) is 74.8 Å². The van der Waals surface area contributed by atoms with Crippen molar-refractivity contribution in [2.75, 3.05) is 39.6 Å². The molecular formula is C45H55N7O10. The van der Waals surface area contributed by atoms with E-state index in [4.69, 9.17) is 34.0 Å². The third-order valence-corrected chi connectivity index (χ3v) is 9.79. The van der Waals surface area contributed by atoms with Gasteiger partial charge in [0.1, 0.15) is 13.5 Å². The third kappa shape index (κ3) is 15.2. The van der Waals surface area contributed by atoms with E-state index in [1.165, 1.54) is 15.3 Å². The minimum atomic E-state index is -0.548. The van der Waals surface area contributed by atoms with E-state index >= 15 is 0 Å². The van der Waals surface area contributed by atoms with Crippen LogP contribution in [0.5, 0.6) is 0 Å². The molecule has 2 heterocycles. The van der Waals surface area contributed by atoms with Crippen LogP contribution < -0.4 is 22.5 Å². The summed E-state index contributed by atoms with van der Waals surface area (Å²) in [6.45, 7) is 5.36. The van der Waals surface area contributed by atoms with Gasteiger partial charge in [-0.05, 0) is 48.9 Å². The first kappa shape index (κ1) is 47.1. The van der Waals surface area contributed by atoms with E-state index in [0.29, 0.717) is 37.2 Å². The Morgan fingerprint density at radius 2 is 0.984 bits per heavy atom. The number of aromatic nitrogens is 4. The first-order chi connectivity index (χ1) is 30.2. The van der Waals surface area contributed by atoms with Crippen LogP contribution >= 0.6 is 0 Å². The maximum atomic E-state index is 13.4. The van der Waals surface area contributed by atoms with Crippen LogP contribution in [0.1, 0.15) is 40.7 Å². The maximum absolute atomic E-state index is 13.4. The van der Waals surface area contributed by atoms with Gasteiger partial charge in [0.15, 0.2) is 0 Å². The molecule has 0 radical (unpaired) electrons. The van der Waals surface area contributed by atoms with Crippen molar-refractivity contribution in [3.05, 3.63) is 183 Å². The number of aryl methyl sites for hydroxylation is 4. The van der Waals surface area contributed by atoms with E-state index in [0.717, 1.165) is 25.8 Å². The van der Waals surface area contributed by atoms with Gasteiger partial charge in [0.2, 0.25) is 0 Å². The number of azide groups is 1. The monoisotopic (exact) mass is 853 g/mol. The molecule has 1 unspecified atom stereocenters. The first-order valence-electron chi connectivity index (χ1n) is 20.5. The van der Waals surface area contributed by atoms with Crippen molar-refractivity contribution in [2.45, 2.75) is 85.3 Å². The largest absolute Gasteiger partial charge is 0.376 e.